The summed E-state index contributed by atoms with van der Waals surface area (Å²) in [4.78, 5) is -0.787. The number of hydrogen-bond donors (Lipinski definition) is 1. The average molecular weight is 466 g/mol. The minimum atomic E-state index is -4.83. The van der Waals surface area contributed by atoms with Gasteiger partial charge in [0.2, 0.25) is 0 Å². The Balaban J connectivity index is 2.66. The van der Waals surface area contributed by atoms with E-state index in [0.717, 1.165) is 0 Å². The molecular weight excluding hydrogens is 462 g/mol. The molecule has 0 amide bonds. The van der Waals surface area contributed by atoms with Crippen LogP contribution in [0.15, 0.2) is 37.4 Å². The van der Waals surface area contributed by atoms with Crippen LogP contribution in [-0.2, 0) is 11.8 Å². The van der Waals surface area contributed by atoms with Crippen LogP contribution in [0.5, 0.6) is 0 Å². The van der Waals surface area contributed by atoms with Crippen LogP contribution in [0, 0.1) is 11.3 Å². The van der Waals surface area contributed by atoms with E-state index in [2.05, 4.69) is 26.2 Å². The van der Waals surface area contributed by atoms with Gasteiger partial charge in [0.25, 0.3) is 0 Å². The van der Waals surface area contributed by atoms with E-state index in [1.54, 1.807) is 0 Å². The summed E-state index contributed by atoms with van der Waals surface area (Å²) in [6.45, 7) is 0. The maximum absolute atomic E-state index is 12.8. The van der Waals surface area contributed by atoms with Crippen LogP contribution in [0.25, 0.3) is 0 Å². The molecule has 0 radical (unpaired) electrons. The quantitative estimate of drug-likeness (QED) is 0.571. The summed E-state index contributed by atoms with van der Waals surface area (Å²) < 4.78 is 76.5. The van der Waals surface area contributed by atoms with Crippen LogP contribution < -0.4 is 5.73 Å². The molecule has 0 spiro atoms. The monoisotopic (exact) mass is 464 g/mol. The highest BCUT2D eigenvalue weighted by atomic mass is 79.9. The number of nitrogens with zero attached hydrogens (tertiary/aromatic N) is 3. The second-order valence-electron chi connectivity index (χ2n) is 4.62. The molecule has 0 saturated heterocycles. The summed E-state index contributed by atoms with van der Waals surface area (Å²) in [7, 11) is 0. The van der Waals surface area contributed by atoms with E-state index in [-0.39, 0.29) is 10.0 Å². The van der Waals surface area contributed by atoms with Crippen molar-refractivity contribution in [3.05, 3.63) is 43.4 Å². The maximum atomic E-state index is 12.8. The number of allylic oxidation sites excluding steroid dienone is 1. The second kappa shape index (κ2) is 6.46. The Morgan fingerprint density at radius 1 is 1.24 bits per heavy atom. The highest BCUT2D eigenvalue weighted by Crippen LogP contribution is 2.52. The first kappa shape index (κ1) is 20.0. The molecule has 1 heterocycles. The number of halogens is 8. The van der Waals surface area contributed by atoms with Crippen molar-refractivity contribution in [3.8, 4) is 6.07 Å². The van der Waals surface area contributed by atoms with Gasteiger partial charge < -0.3 is 0 Å². The van der Waals surface area contributed by atoms with Crippen molar-refractivity contribution in [2.75, 3.05) is 0 Å². The minimum Gasteiger partial charge on any atom is -0.297 e. The van der Waals surface area contributed by atoms with Crippen molar-refractivity contribution in [2.24, 2.45) is 16.0 Å². The Morgan fingerprint density at radius 3 is 2.28 bits per heavy atom. The van der Waals surface area contributed by atoms with Crippen molar-refractivity contribution in [1.82, 2.24) is 0 Å². The Hall–Kier alpha value is -1.29. The topological polar surface area (TPSA) is 74.5 Å². The van der Waals surface area contributed by atoms with Crippen LogP contribution in [0.4, 0.5) is 26.3 Å². The van der Waals surface area contributed by atoms with Crippen LogP contribution in [0.2, 0.25) is 5.02 Å². The fraction of sp³-hybridized carbons (Fsp3) is 0.250. The largest absolute Gasteiger partial charge is 0.446 e. The van der Waals surface area contributed by atoms with Crippen LogP contribution in [0.1, 0.15) is 11.1 Å². The standard InChI is InChI=1S/C12H4BrClF6N4S/c13-5-1-4(11(15,16)17)2-6(14)8(5)10(22)9(25-12(18,19)20)7(3-21)23-24-10/h1-2H,22H2. The van der Waals surface area contributed by atoms with Gasteiger partial charge in [-0.2, -0.15) is 36.7 Å². The van der Waals surface area contributed by atoms with Gasteiger partial charge in [-0.3, -0.25) is 5.73 Å². The molecule has 1 atom stereocenters. The number of thioether (sulfide) groups is 1. The van der Waals surface area contributed by atoms with Crippen molar-refractivity contribution in [3.63, 3.8) is 0 Å². The minimum absolute atomic E-state index is 0.326. The van der Waals surface area contributed by atoms with Gasteiger partial charge in [0.05, 0.1) is 10.5 Å². The smallest absolute Gasteiger partial charge is 0.297 e. The molecular formula is C12H4BrClF6N4S. The third kappa shape index (κ3) is 3.94. The van der Waals surface area contributed by atoms with E-state index in [9.17, 15) is 26.3 Å². The SMILES string of the molecule is N#CC1=C(SC(F)(F)F)C(N)(c2c(Cl)cc(C(F)(F)F)cc2Br)N=N1. The van der Waals surface area contributed by atoms with E-state index in [0.29, 0.717) is 12.1 Å². The van der Waals surface area contributed by atoms with Gasteiger partial charge in [-0.05, 0) is 23.9 Å². The lowest BCUT2D eigenvalue weighted by atomic mass is 9.98. The van der Waals surface area contributed by atoms with E-state index < -0.39 is 50.3 Å². The molecule has 1 aromatic rings. The first-order valence-corrected chi connectivity index (χ1v) is 7.97. The van der Waals surface area contributed by atoms with E-state index >= 15 is 0 Å². The normalized spacial score (nSPS) is 21.0. The molecule has 0 aliphatic carbocycles. The van der Waals surface area contributed by atoms with Crippen LogP contribution in [0.3, 0.4) is 0 Å². The van der Waals surface area contributed by atoms with Crippen LogP contribution >= 0.6 is 39.3 Å². The highest BCUT2D eigenvalue weighted by Gasteiger charge is 2.48. The zero-order chi connectivity index (χ0) is 19.2. The molecule has 25 heavy (non-hydrogen) atoms. The third-order valence-corrected chi connectivity index (χ3v) is 4.81. The molecule has 134 valence electrons. The van der Waals surface area contributed by atoms with Gasteiger partial charge in [-0.25, -0.2) is 0 Å². The number of azo groups is 1. The number of hydrogen-bond acceptors (Lipinski definition) is 5. The summed E-state index contributed by atoms with van der Waals surface area (Å²) in [5.41, 5.74) is -3.53. The molecule has 2 rings (SSSR count). The molecule has 0 aromatic heterocycles. The summed E-state index contributed by atoms with van der Waals surface area (Å²) in [6.07, 6.45) is -4.74. The molecule has 1 aliphatic heterocycles. The summed E-state index contributed by atoms with van der Waals surface area (Å²) >= 11 is 7.92. The van der Waals surface area contributed by atoms with Crippen molar-refractivity contribution < 1.29 is 26.3 Å². The van der Waals surface area contributed by atoms with Crippen LogP contribution in [-0.4, -0.2) is 5.51 Å². The zero-order valence-corrected chi connectivity index (χ0v) is 14.7. The lowest BCUT2D eigenvalue weighted by Crippen LogP contribution is -2.36. The van der Waals surface area contributed by atoms with Crippen molar-refractivity contribution in [1.29, 1.82) is 5.26 Å². The van der Waals surface area contributed by atoms with E-state index in [1.807, 2.05) is 0 Å². The van der Waals surface area contributed by atoms with E-state index in [1.165, 1.54) is 6.07 Å². The van der Waals surface area contributed by atoms with Crippen molar-refractivity contribution in [2.45, 2.75) is 17.3 Å². The third-order valence-electron chi connectivity index (χ3n) is 2.94. The summed E-state index contributed by atoms with van der Waals surface area (Å²) in [6, 6.07) is 2.52. The Kier molecular flexibility index (Phi) is 5.17. The fourth-order valence-electron chi connectivity index (χ4n) is 1.98. The van der Waals surface area contributed by atoms with Gasteiger partial charge in [0, 0.05) is 15.1 Å². The molecule has 1 unspecified atom stereocenters. The van der Waals surface area contributed by atoms with Gasteiger partial charge in [0.1, 0.15) is 6.07 Å². The molecule has 4 nitrogen and oxygen atoms in total. The molecule has 0 fully saturated rings. The maximum Gasteiger partial charge on any atom is 0.446 e. The Bertz CT molecular complexity index is 805. The summed E-state index contributed by atoms with van der Waals surface area (Å²) in [5, 5.41) is 15.1. The molecule has 13 heteroatoms. The van der Waals surface area contributed by atoms with Crippen molar-refractivity contribution >= 4 is 39.3 Å². The average Bonchev–Trinajstić information content (AvgIpc) is 2.72. The number of rotatable bonds is 2. The van der Waals surface area contributed by atoms with Gasteiger partial charge in [-0.1, -0.05) is 27.5 Å². The Labute approximate surface area is 153 Å². The molecule has 1 aromatic carbocycles. The Morgan fingerprint density at radius 2 is 1.84 bits per heavy atom. The lowest BCUT2D eigenvalue weighted by molar-refractivity contribution is -0.137. The molecule has 2 N–H and O–H groups in total. The zero-order valence-electron chi connectivity index (χ0n) is 11.5. The molecule has 0 saturated carbocycles. The molecule has 0 bridgehead atoms. The number of alkyl halides is 6. The summed E-state index contributed by atoms with van der Waals surface area (Å²) in [5.74, 6) is 0. The lowest BCUT2D eigenvalue weighted by Gasteiger charge is -2.26. The fourth-order valence-corrected chi connectivity index (χ4v) is 3.93. The van der Waals surface area contributed by atoms with Gasteiger partial charge in [-0.15, -0.1) is 5.11 Å². The molecule has 1 aliphatic rings. The second-order valence-corrected chi connectivity index (χ2v) is 6.95. The highest BCUT2D eigenvalue weighted by molar-refractivity contribution is 9.10. The van der Waals surface area contributed by atoms with Gasteiger partial charge >= 0.3 is 11.7 Å². The predicted octanol–water partition coefficient (Wildman–Crippen LogP) is 5.69. The van der Waals surface area contributed by atoms with E-state index in [4.69, 9.17) is 22.6 Å². The number of nitriles is 1. The first-order valence-electron chi connectivity index (χ1n) is 5.98. The number of nitrogens with two attached hydrogens (primary N) is 1. The van der Waals surface area contributed by atoms with Gasteiger partial charge in [0.15, 0.2) is 11.4 Å². The number of benzene rings is 1. The predicted molar refractivity (Wildman–Crippen MR) is 81.2 cm³/mol. The first-order chi connectivity index (χ1) is 11.3.